The molecule has 37 heavy (non-hydrogen) atoms. The van der Waals surface area contributed by atoms with E-state index < -0.39 is 34.7 Å². The Morgan fingerprint density at radius 3 is 1.97 bits per heavy atom. The molecule has 11 heteroatoms. The third-order valence-electron chi connectivity index (χ3n) is 5.20. The summed E-state index contributed by atoms with van der Waals surface area (Å²) in [6.45, 7) is 0. The Hall–Kier alpha value is -4.67. The molecule has 192 valence electrons. The van der Waals surface area contributed by atoms with Crippen LogP contribution in [0, 0.1) is 0 Å². The van der Waals surface area contributed by atoms with Crippen molar-refractivity contribution in [2.45, 2.75) is 6.18 Å². The average molecular weight is 516 g/mol. The summed E-state index contributed by atoms with van der Waals surface area (Å²) >= 11 is 0. The van der Waals surface area contributed by atoms with E-state index in [1.165, 1.54) is 69.9 Å². The maximum absolute atomic E-state index is 13.8. The highest BCUT2D eigenvalue weighted by Crippen LogP contribution is 2.39. The highest BCUT2D eigenvalue weighted by Gasteiger charge is 2.40. The number of ether oxygens (including phenoxy) is 5. The van der Waals surface area contributed by atoms with Gasteiger partial charge in [-0.15, -0.1) is 0 Å². The molecule has 4 aromatic rings. The van der Waals surface area contributed by atoms with E-state index in [0.717, 1.165) is 6.07 Å². The van der Waals surface area contributed by atoms with Crippen LogP contribution in [0.25, 0.3) is 11.0 Å². The van der Waals surface area contributed by atoms with Crippen molar-refractivity contribution in [2.24, 2.45) is 0 Å². The standard InChI is InChI=1S/C26H19F3O8/c1-32-14-7-9-15(10-8-14)35-23-22(30)17-12-11-16(13-20(17)37-24(23)26(27,28)29)36-25(31)21-18(33-2)5-4-6-19(21)34-3/h4-13H,1-3H3. The number of carbonyl (C=O) groups excluding carboxylic acids is 1. The number of esters is 1. The first-order chi connectivity index (χ1) is 17.7. The van der Waals surface area contributed by atoms with Crippen LogP contribution in [0.1, 0.15) is 16.1 Å². The fraction of sp³-hybridized carbons (Fsp3) is 0.154. The summed E-state index contributed by atoms with van der Waals surface area (Å²) in [6, 6.07) is 13.6. The molecule has 0 radical (unpaired) electrons. The zero-order chi connectivity index (χ0) is 26.7. The molecule has 1 heterocycles. The SMILES string of the molecule is COc1ccc(Oc2c(C(F)(F)F)oc3cc(OC(=O)c4c(OC)cccc4OC)ccc3c2=O)cc1. The largest absolute Gasteiger partial charge is 0.497 e. The van der Waals surface area contributed by atoms with Gasteiger partial charge in [-0.25, -0.2) is 4.79 Å². The molecule has 8 nitrogen and oxygen atoms in total. The van der Waals surface area contributed by atoms with Crippen molar-refractivity contribution in [3.05, 3.63) is 82.2 Å². The lowest BCUT2D eigenvalue weighted by molar-refractivity contribution is -0.154. The number of methoxy groups -OCH3 is 3. The van der Waals surface area contributed by atoms with Gasteiger partial charge in [-0.1, -0.05) is 6.07 Å². The Morgan fingerprint density at radius 2 is 1.41 bits per heavy atom. The third kappa shape index (κ3) is 5.15. The lowest BCUT2D eigenvalue weighted by atomic mass is 10.1. The van der Waals surface area contributed by atoms with E-state index in [9.17, 15) is 22.8 Å². The van der Waals surface area contributed by atoms with E-state index in [4.69, 9.17) is 28.1 Å². The lowest BCUT2D eigenvalue weighted by Crippen LogP contribution is -2.16. The summed E-state index contributed by atoms with van der Waals surface area (Å²) in [7, 11) is 4.12. The Morgan fingerprint density at radius 1 is 0.811 bits per heavy atom. The van der Waals surface area contributed by atoms with E-state index in [-0.39, 0.29) is 33.9 Å². The Balaban J connectivity index is 1.75. The van der Waals surface area contributed by atoms with Crippen molar-refractivity contribution in [2.75, 3.05) is 21.3 Å². The van der Waals surface area contributed by atoms with Gasteiger partial charge in [-0.3, -0.25) is 4.79 Å². The number of rotatable bonds is 7. The minimum atomic E-state index is -5.06. The van der Waals surface area contributed by atoms with Crippen molar-refractivity contribution in [1.82, 2.24) is 0 Å². The van der Waals surface area contributed by atoms with Crippen molar-refractivity contribution < 1.29 is 46.1 Å². The Bertz CT molecular complexity index is 1490. The van der Waals surface area contributed by atoms with Gasteiger partial charge in [-0.2, -0.15) is 13.2 Å². The normalized spacial score (nSPS) is 11.2. The molecule has 4 rings (SSSR count). The molecule has 3 aromatic carbocycles. The van der Waals surface area contributed by atoms with Crippen LogP contribution in [-0.2, 0) is 6.18 Å². The summed E-state index contributed by atoms with van der Waals surface area (Å²) in [4.78, 5) is 25.8. The second-order valence-corrected chi connectivity index (χ2v) is 7.45. The quantitative estimate of drug-likeness (QED) is 0.223. The summed E-state index contributed by atoms with van der Waals surface area (Å²) in [6.07, 6.45) is -5.06. The molecule has 0 aliphatic heterocycles. The fourth-order valence-electron chi connectivity index (χ4n) is 3.47. The fourth-order valence-corrected chi connectivity index (χ4v) is 3.47. The van der Waals surface area contributed by atoms with E-state index in [2.05, 4.69) is 0 Å². The minimum Gasteiger partial charge on any atom is -0.497 e. The molecule has 0 bridgehead atoms. The van der Waals surface area contributed by atoms with Crippen LogP contribution in [0.4, 0.5) is 13.2 Å². The molecule has 0 atom stereocenters. The number of alkyl halides is 3. The Kier molecular flexibility index (Phi) is 6.96. The minimum absolute atomic E-state index is 0.0331. The van der Waals surface area contributed by atoms with Crippen LogP contribution in [-0.4, -0.2) is 27.3 Å². The lowest BCUT2D eigenvalue weighted by Gasteiger charge is -2.14. The number of benzene rings is 3. The molecule has 0 fully saturated rings. The van der Waals surface area contributed by atoms with Gasteiger partial charge in [0.1, 0.15) is 39.9 Å². The van der Waals surface area contributed by atoms with E-state index in [1.807, 2.05) is 0 Å². The molecule has 0 amide bonds. The summed E-state index contributed by atoms with van der Waals surface area (Å²) < 4.78 is 72.5. The van der Waals surface area contributed by atoms with Crippen molar-refractivity contribution in [1.29, 1.82) is 0 Å². The van der Waals surface area contributed by atoms with Gasteiger partial charge in [0, 0.05) is 6.07 Å². The zero-order valence-electron chi connectivity index (χ0n) is 19.7. The van der Waals surface area contributed by atoms with Crippen molar-refractivity contribution in [3.63, 3.8) is 0 Å². The number of carbonyl (C=O) groups is 1. The first-order valence-corrected chi connectivity index (χ1v) is 10.6. The van der Waals surface area contributed by atoms with Crippen LogP contribution in [0.5, 0.6) is 34.5 Å². The molecule has 0 saturated carbocycles. The zero-order valence-corrected chi connectivity index (χ0v) is 19.7. The second-order valence-electron chi connectivity index (χ2n) is 7.45. The van der Waals surface area contributed by atoms with Gasteiger partial charge in [-0.05, 0) is 48.5 Å². The first-order valence-electron chi connectivity index (χ1n) is 10.6. The first kappa shape index (κ1) is 25.4. The third-order valence-corrected chi connectivity index (χ3v) is 5.20. The van der Waals surface area contributed by atoms with E-state index >= 15 is 0 Å². The van der Waals surface area contributed by atoms with Gasteiger partial charge in [0.2, 0.25) is 11.2 Å². The number of halogens is 3. The maximum atomic E-state index is 13.8. The highest BCUT2D eigenvalue weighted by atomic mass is 19.4. The average Bonchev–Trinajstić information content (AvgIpc) is 2.89. The predicted molar refractivity (Wildman–Crippen MR) is 125 cm³/mol. The number of fused-ring (bicyclic) bond motifs is 1. The van der Waals surface area contributed by atoms with Crippen LogP contribution in [0.3, 0.4) is 0 Å². The monoisotopic (exact) mass is 516 g/mol. The molecule has 0 N–H and O–H groups in total. The second kappa shape index (κ2) is 10.1. The highest BCUT2D eigenvalue weighted by molar-refractivity contribution is 5.97. The number of hydrogen-bond donors (Lipinski definition) is 0. The molecule has 1 aromatic heterocycles. The van der Waals surface area contributed by atoms with Gasteiger partial charge < -0.3 is 28.1 Å². The molecular formula is C26H19F3O8. The molecule has 0 aliphatic carbocycles. The molecule has 0 spiro atoms. The van der Waals surface area contributed by atoms with Crippen LogP contribution >= 0.6 is 0 Å². The molecule has 0 saturated heterocycles. The van der Waals surface area contributed by atoms with Crippen molar-refractivity contribution in [3.8, 4) is 34.5 Å². The van der Waals surface area contributed by atoms with Crippen molar-refractivity contribution >= 4 is 16.9 Å². The molecular weight excluding hydrogens is 497 g/mol. The summed E-state index contributed by atoms with van der Waals surface area (Å²) in [5.74, 6) is -3.01. The van der Waals surface area contributed by atoms with E-state index in [0.29, 0.717) is 5.75 Å². The maximum Gasteiger partial charge on any atom is 0.453 e. The number of hydrogen-bond acceptors (Lipinski definition) is 8. The molecule has 0 aliphatic rings. The smallest absolute Gasteiger partial charge is 0.453 e. The van der Waals surface area contributed by atoms with Gasteiger partial charge in [0.25, 0.3) is 5.76 Å². The predicted octanol–water partition coefficient (Wildman–Crippen LogP) is 5.85. The van der Waals surface area contributed by atoms with Gasteiger partial charge in [0.05, 0.1) is 26.7 Å². The van der Waals surface area contributed by atoms with Crippen LogP contribution in [0.2, 0.25) is 0 Å². The Labute approximate surface area is 207 Å². The van der Waals surface area contributed by atoms with Crippen LogP contribution in [0.15, 0.2) is 69.9 Å². The van der Waals surface area contributed by atoms with Crippen LogP contribution < -0.4 is 29.1 Å². The van der Waals surface area contributed by atoms with E-state index in [1.54, 1.807) is 6.07 Å². The van der Waals surface area contributed by atoms with Gasteiger partial charge in [0.15, 0.2) is 0 Å². The van der Waals surface area contributed by atoms with Gasteiger partial charge >= 0.3 is 12.1 Å². The summed E-state index contributed by atoms with van der Waals surface area (Å²) in [5.41, 5.74) is -1.56. The molecule has 0 unspecified atom stereocenters. The topological polar surface area (TPSA) is 93.4 Å². The summed E-state index contributed by atoms with van der Waals surface area (Å²) in [5, 5.41) is -0.216.